The molecule has 2 N–H and O–H groups in total. The van der Waals surface area contributed by atoms with E-state index >= 15 is 0 Å². The molecule has 3 aromatic heterocycles. The Morgan fingerprint density at radius 1 is 1.00 bits per heavy atom. The molecule has 34 heavy (non-hydrogen) atoms. The van der Waals surface area contributed by atoms with Crippen molar-refractivity contribution < 1.29 is 5.11 Å². The summed E-state index contributed by atoms with van der Waals surface area (Å²) in [5.74, 6) is 0.968. The minimum atomic E-state index is -0.267. The summed E-state index contributed by atoms with van der Waals surface area (Å²) in [6.07, 6.45) is 3.60. The van der Waals surface area contributed by atoms with E-state index in [1.807, 2.05) is 35.4 Å². The lowest BCUT2D eigenvalue weighted by molar-refractivity contribution is 0.472. The quantitative estimate of drug-likeness (QED) is 0.357. The van der Waals surface area contributed by atoms with E-state index in [-0.39, 0.29) is 17.8 Å². The van der Waals surface area contributed by atoms with Gasteiger partial charge in [0.25, 0.3) is 0 Å². The van der Waals surface area contributed by atoms with Gasteiger partial charge in [-0.3, -0.25) is 4.98 Å². The first kappa shape index (κ1) is 22.4. The molecule has 4 aromatic rings. The molecule has 1 aliphatic heterocycles. The Balaban J connectivity index is 1.71. The van der Waals surface area contributed by atoms with Crippen LogP contribution in [0.3, 0.4) is 0 Å². The number of benzene rings is 1. The molecule has 172 valence electrons. The van der Waals surface area contributed by atoms with Gasteiger partial charge in [0.05, 0.1) is 23.5 Å². The average molecular weight is 490 g/mol. The third-order valence-corrected chi connectivity index (χ3v) is 6.76. The zero-order valence-corrected chi connectivity index (χ0v) is 20.6. The molecule has 4 heterocycles. The number of aromatic hydroxyl groups is 1. The van der Waals surface area contributed by atoms with Crippen molar-refractivity contribution in [1.82, 2.24) is 19.9 Å². The molecule has 1 aromatic carbocycles. The van der Waals surface area contributed by atoms with Crippen molar-refractivity contribution in [2.75, 3.05) is 4.90 Å². The molecule has 0 saturated carbocycles. The van der Waals surface area contributed by atoms with Gasteiger partial charge in [0, 0.05) is 28.8 Å². The first-order valence-corrected chi connectivity index (χ1v) is 11.7. The number of aryl methyl sites for hydroxylation is 2. The number of anilines is 1. The third kappa shape index (κ3) is 3.81. The second-order valence-corrected chi connectivity index (χ2v) is 9.31. The largest absolute Gasteiger partial charge is 0.506 e. The molecule has 0 unspecified atom stereocenters. The van der Waals surface area contributed by atoms with Gasteiger partial charge in [-0.2, -0.15) is 0 Å². The summed E-state index contributed by atoms with van der Waals surface area (Å²) in [5, 5.41) is 15.2. The van der Waals surface area contributed by atoms with Gasteiger partial charge in [0.1, 0.15) is 11.6 Å². The molecule has 2 atom stereocenters. The van der Waals surface area contributed by atoms with Gasteiger partial charge in [-0.25, -0.2) is 4.98 Å². The number of phenolic OH excluding ortho intramolecular Hbond substituents is 1. The summed E-state index contributed by atoms with van der Waals surface area (Å²) in [6, 6.07) is 16.5. The third-order valence-electron chi connectivity index (χ3n) is 6.21. The number of hydrogen-bond acceptors (Lipinski definition) is 4. The fraction of sp³-hybridized carbons (Fsp3) is 0.192. The topological polar surface area (TPSA) is 66.2 Å². The number of aromatic nitrogens is 3. The standard InChI is InChI=1S/C26H24ClN5OS/c1-15-9-11-29-23(12-15)31-16(2)13-19(17(31)3)25-24(20-6-4-5-10-28-20)30-26(34)32(25)21-14-18(27)7-8-22(21)33/h4-14,24-25,33H,1-3H3,(H,30,34)/t24-,25-/m0/s1. The van der Waals surface area contributed by atoms with Gasteiger partial charge in [-0.05, 0) is 92.6 Å². The van der Waals surface area contributed by atoms with Crippen LogP contribution in [0.25, 0.3) is 5.82 Å². The highest BCUT2D eigenvalue weighted by Crippen LogP contribution is 2.46. The van der Waals surface area contributed by atoms with Crippen molar-refractivity contribution in [3.05, 3.63) is 100 Å². The van der Waals surface area contributed by atoms with Crippen molar-refractivity contribution in [3.8, 4) is 11.6 Å². The number of thiocarbonyl (C=S) groups is 1. The number of pyridine rings is 2. The van der Waals surface area contributed by atoms with Crippen LogP contribution in [-0.4, -0.2) is 24.8 Å². The van der Waals surface area contributed by atoms with Gasteiger partial charge in [-0.1, -0.05) is 17.7 Å². The van der Waals surface area contributed by atoms with Crippen molar-refractivity contribution in [2.24, 2.45) is 0 Å². The minimum Gasteiger partial charge on any atom is -0.506 e. The van der Waals surface area contributed by atoms with Crippen LogP contribution >= 0.6 is 23.8 Å². The average Bonchev–Trinajstić information content (AvgIpc) is 3.31. The van der Waals surface area contributed by atoms with Gasteiger partial charge in [-0.15, -0.1) is 0 Å². The number of phenols is 1. The van der Waals surface area contributed by atoms with E-state index in [0.717, 1.165) is 34.0 Å². The van der Waals surface area contributed by atoms with Gasteiger partial charge >= 0.3 is 0 Å². The fourth-order valence-electron chi connectivity index (χ4n) is 4.70. The number of halogens is 1. The lowest BCUT2D eigenvalue weighted by atomic mass is 9.96. The minimum absolute atomic E-state index is 0.106. The van der Waals surface area contributed by atoms with Crippen LogP contribution in [0.15, 0.2) is 67.0 Å². The molecule has 0 radical (unpaired) electrons. The monoisotopic (exact) mass is 489 g/mol. The van der Waals surface area contributed by atoms with Crippen LogP contribution in [0.5, 0.6) is 5.75 Å². The van der Waals surface area contributed by atoms with Gasteiger partial charge < -0.3 is 19.9 Å². The molecule has 1 fully saturated rings. The van der Waals surface area contributed by atoms with Crippen LogP contribution in [0.4, 0.5) is 5.69 Å². The fourth-order valence-corrected chi connectivity index (χ4v) is 5.21. The molecule has 1 aliphatic rings. The van der Waals surface area contributed by atoms with E-state index < -0.39 is 0 Å². The predicted molar refractivity (Wildman–Crippen MR) is 139 cm³/mol. The maximum atomic E-state index is 10.8. The van der Waals surface area contributed by atoms with Crippen molar-refractivity contribution >= 4 is 34.6 Å². The van der Waals surface area contributed by atoms with Crippen LogP contribution in [0.1, 0.15) is 40.3 Å². The summed E-state index contributed by atoms with van der Waals surface area (Å²) in [6.45, 7) is 6.21. The summed E-state index contributed by atoms with van der Waals surface area (Å²) in [5.41, 5.74) is 5.70. The molecule has 0 bridgehead atoms. The molecular weight excluding hydrogens is 466 g/mol. The maximum Gasteiger partial charge on any atom is 0.174 e. The first-order chi connectivity index (χ1) is 16.3. The van der Waals surface area contributed by atoms with E-state index in [9.17, 15) is 5.11 Å². The Kier molecular flexibility index (Phi) is 5.75. The Hall–Kier alpha value is -3.42. The van der Waals surface area contributed by atoms with Gasteiger partial charge in [0.2, 0.25) is 0 Å². The lowest BCUT2D eigenvalue weighted by Crippen LogP contribution is -2.29. The highest BCUT2D eigenvalue weighted by atomic mass is 35.5. The number of hydrogen-bond donors (Lipinski definition) is 2. The number of nitrogens with zero attached hydrogens (tertiary/aromatic N) is 4. The Labute approximate surface area is 208 Å². The predicted octanol–water partition coefficient (Wildman–Crippen LogP) is 5.73. The Morgan fingerprint density at radius 2 is 1.82 bits per heavy atom. The van der Waals surface area contributed by atoms with E-state index in [4.69, 9.17) is 23.8 Å². The second-order valence-electron chi connectivity index (χ2n) is 8.48. The summed E-state index contributed by atoms with van der Waals surface area (Å²) in [7, 11) is 0. The van der Waals surface area contributed by atoms with Crippen molar-refractivity contribution in [3.63, 3.8) is 0 Å². The maximum absolute atomic E-state index is 10.8. The molecule has 1 saturated heterocycles. The number of nitrogens with one attached hydrogen (secondary N) is 1. The molecule has 6 nitrogen and oxygen atoms in total. The van der Waals surface area contributed by atoms with E-state index in [1.54, 1.807) is 24.4 Å². The molecule has 0 spiro atoms. The van der Waals surface area contributed by atoms with Crippen LogP contribution in [0, 0.1) is 20.8 Å². The molecule has 5 rings (SSSR count). The number of rotatable bonds is 4. The van der Waals surface area contributed by atoms with E-state index in [0.29, 0.717) is 15.8 Å². The Bertz CT molecular complexity index is 1390. The SMILES string of the molecule is Cc1ccnc(-n2c(C)cc([C@H]3[C@H](c4ccccn4)NC(=S)N3c3cc(Cl)ccc3O)c2C)c1. The van der Waals surface area contributed by atoms with Crippen LogP contribution in [0.2, 0.25) is 5.02 Å². The highest BCUT2D eigenvalue weighted by Gasteiger charge is 2.43. The smallest absolute Gasteiger partial charge is 0.174 e. The lowest BCUT2D eigenvalue weighted by Gasteiger charge is -2.28. The molecule has 0 amide bonds. The highest BCUT2D eigenvalue weighted by molar-refractivity contribution is 7.80. The summed E-state index contributed by atoms with van der Waals surface area (Å²) < 4.78 is 2.15. The zero-order chi connectivity index (χ0) is 24.0. The van der Waals surface area contributed by atoms with E-state index in [2.05, 4.69) is 52.8 Å². The zero-order valence-electron chi connectivity index (χ0n) is 19.0. The van der Waals surface area contributed by atoms with Crippen LogP contribution < -0.4 is 10.2 Å². The molecule has 8 heteroatoms. The van der Waals surface area contributed by atoms with Crippen molar-refractivity contribution in [1.29, 1.82) is 0 Å². The molecule has 0 aliphatic carbocycles. The summed E-state index contributed by atoms with van der Waals surface area (Å²) in [4.78, 5) is 11.2. The summed E-state index contributed by atoms with van der Waals surface area (Å²) >= 11 is 12.1. The molecular formula is C26H24ClN5OS. The second kappa shape index (κ2) is 8.74. The van der Waals surface area contributed by atoms with E-state index in [1.165, 1.54) is 0 Å². The van der Waals surface area contributed by atoms with Crippen molar-refractivity contribution in [2.45, 2.75) is 32.9 Å². The normalized spacial score (nSPS) is 17.8. The first-order valence-electron chi connectivity index (χ1n) is 11.0. The van der Waals surface area contributed by atoms with Crippen LogP contribution in [-0.2, 0) is 0 Å². The van der Waals surface area contributed by atoms with Gasteiger partial charge in [0.15, 0.2) is 5.11 Å². The Morgan fingerprint density at radius 3 is 2.56 bits per heavy atom.